The maximum Gasteiger partial charge on any atom is 0.241 e. The van der Waals surface area contributed by atoms with E-state index in [2.05, 4.69) is 4.98 Å². The standard InChI is InChI=1S/C41H31ClFN3O7/c1-41-28(38(49)46(40(41)51)22-11-15-30(43)29(42)17-22)19-26-24(35(41)27-18-23(52-2)12-16-32(27)47)13-14-25-34(26)39(50)45(37(25)48)21-9-7-20(8-10-21)36-44-31-5-3-4-6-33(31)53-36/h3-13,15-18,25-26,28,34-35,47H,14,19H2,1-2H3. The molecule has 12 heteroatoms. The summed E-state index contributed by atoms with van der Waals surface area (Å²) in [5.74, 6) is -5.77. The van der Waals surface area contributed by atoms with Gasteiger partial charge in [-0.3, -0.25) is 24.1 Å². The number of nitrogens with zero attached hydrogens (tertiary/aromatic N) is 3. The van der Waals surface area contributed by atoms with E-state index in [0.717, 1.165) is 11.0 Å². The Morgan fingerprint density at radius 2 is 1.66 bits per heavy atom. The number of hydrogen-bond acceptors (Lipinski definition) is 8. The number of phenols is 1. The van der Waals surface area contributed by atoms with E-state index in [1.165, 1.54) is 30.2 Å². The molecule has 5 aromatic rings. The van der Waals surface area contributed by atoms with Crippen molar-refractivity contribution in [3.05, 3.63) is 113 Å². The molecule has 4 aliphatic rings. The zero-order valence-corrected chi connectivity index (χ0v) is 29.2. The van der Waals surface area contributed by atoms with Gasteiger partial charge in [-0.2, -0.15) is 0 Å². The quantitative estimate of drug-likeness (QED) is 0.146. The molecule has 0 bridgehead atoms. The number of halogens is 2. The second kappa shape index (κ2) is 11.9. The fourth-order valence-electron chi connectivity index (χ4n) is 9.12. The molecule has 10 nitrogen and oxygen atoms in total. The minimum atomic E-state index is -1.43. The molecule has 0 spiro atoms. The van der Waals surface area contributed by atoms with Crippen LogP contribution in [0.4, 0.5) is 15.8 Å². The fraction of sp³-hybridized carbons (Fsp3) is 0.244. The molecule has 266 valence electrons. The van der Waals surface area contributed by atoms with Gasteiger partial charge < -0.3 is 14.3 Å². The van der Waals surface area contributed by atoms with E-state index in [1.54, 1.807) is 43.3 Å². The van der Waals surface area contributed by atoms with E-state index in [4.69, 9.17) is 20.8 Å². The highest BCUT2D eigenvalue weighted by atomic mass is 35.5. The van der Waals surface area contributed by atoms with Crippen molar-refractivity contribution in [2.45, 2.75) is 25.7 Å². The lowest BCUT2D eigenvalue weighted by atomic mass is 9.51. The van der Waals surface area contributed by atoms with Gasteiger partial charge >= 0.3 is 0 Å². The van der Waals surface area contributed by atoms with Crippen LogP contribution in [-0.2, 0) is 19.2 Å². The lowest BCUT2D eigenvalue weighted by Crippen LogP contribution is -2.48. The van der Waals surface area contributed by atoms with Crippen LogP contribution in [-0.4, -0.2) is 40.8 Å². The first kappa shape index (κ1) is 33.1. The first-order chi connectivity index (χ1) is 25.5. The molecule has 2 aliphatic carbocycles. The molecule has 6 atom stereocenters. The number of fused-ring (bicyclic) bond motifs is 5. The predicted octanol–water partition coefficient (Wildman–Crippen LogP) is 7.44. The van der Waals surface area contributed by atoms with Gasteiger partial charge in [0.2, 0.25) is 29.5 Å². The van der Waals surface area contributed by atoms with Crippen molar-refractivity contribution in [1.82, 2.24) is 4.98 Å². The number of carbonyl (C=O) groups excluding carboxylic acids is 4. The molecule has 1 saturated carbocycles. The number of carbonyl (C=O) groups is 4. The van der Waals surface area contributed by atoms with Crippen molar-refractivity contribution in [1.29, 1.82) is 0 Å². The Morgan fingerprint density at radius 1 is 0.906 bits per heavy atom. The van der Waals surface area contributed by atoms with Crippen LogP contribution in [0.2, 0.25) is 5.02 Å². The number of aromatic hydroxyl groups is 1. The minimum Gasteiger partial charge on any atom is -0.508 e. The number of aromatic nitrogens is 1. The van der Waals surface area contributed by atoms with Crippen LogP contribution in [0, 0.1) is 34.9 Å². The largest absolute Gasteiger partial charge is 0.508 e. The third kappa shape index (κ3) is 4.72. The van der Waals surface area contributed by atoms with Crippen molar-refractivity contribution >= 4 is 57.7 Å². The Balaban J connectivity index is 1.11. The second-order valence-electron chi connectivity index (χ2n) is 14.2. The van der Waals surface area contributed by atoms with E-state index < -0.39 is 58.5 Å². The van der Waals surface area contributed by atoms with Crippen molar-refractivity contribution in [3.63, 3.8) is 0 Å². The summed E-state index contributed by atoms with van der Waals surface area (Å²) in [6, 6.07) is 22.6. The van der Waals surface area contributed by atoms with E-state index in [-0.39, 0.29) is 35.2 Å². The average molecular weight is 732 g/mol. The number of oxazole rings is 1. The molecule has 3 heterocycles. The van der Waals surface area contributed by atoms with Crippen molar-refractivity contribution in [3.8, 4) is 23.0 Å². The maximum absolute atomic E-state index is 14.6. The monoisotopic (exact) mass is 731 g/mol. The summed E-state index contributed by atoms with van der Waals surface area (Å²) < 4.78 is 25.6. The van der Waals surface area contributed by atoms with Gasteiger partial charge in [0.05, 0.1) is 46.7 Å². The normalized spacial score (nSPS) is 26.5. The van der Waals surface area contributed by atoms with Gasteiger partial charge in [-0.05, 0) is 98.5 Å². The predicted molar refractivity (Wildman–Crippen MR) is 193 cm³/mol. The number of allylic oxidation sites excluding steroid dienone is 2. The van der Waals surface area contributed by atoms with Crippen LogP contribution in [0.1, 0.15) is 31.2 Å². The SMILES string of the molecule is COc1ccc(O)c(C2C3=CCC4C(=O)N(c5ccc(-c6nc7ccccc7o6)cc5)C(=O)C4C3CC3C(=O)N(c4ccc(F)c(Cl)c4)C(=O)C32C)c1. The number of methoxy groups -OCH3 is 1. The lowest BCUT2D eigenvalue weighted by Gasteiger charge is -2.49. The molecule has 2 aliphatic heterocycles. The number of anilines is 2. The van der Waals surface area contributed by atoms with Crippen LogP contribution < -0.4 is 14.5 Å². The maximum atomic E-state index is 14.6. The molecular formula is C41H31ClFN3O7. The minimum absolute atomic E-state index is 0.101. The lowest BCUT2D eigenvalue weighted by molar-refractivity contribution is -0.131. The highest BCUT2D eigenvalue weighted by Crippen LogP contribution is 2.64. The van der Waals surface area contributed by atoms with E-state index in [1.807, 2.05) is 30.3 Å². The fourth-order valence-corrected chi connectivity index (χ4v) is 9.30. The Labute approximate surface area is 307 Å². The summed E-state index contributed by atoms with van der Waals surface area (Å²) >= 11 is 6.10. The molecule has 4 aromatic carbocycles. The van der Waals surface area contributed by atoms with E-state index >= 15 is 0 Å². The van der Waals surface area contributed by atoms with Crippen LogP contribution >= 0.6 is 11.6 Å². The number of benzene rings is 4. The number of amides is 4. The van der Waals surface area contributed by atoms with Gasteiger partial charge in [0.15, 0.2) is 5.58 Å². The summed E-state index contributed by atoms with van der Waals surface area (Å²) in [5, 5.41) is 11.1. The number of phenolic OH excluding ortho intramolecular Hbond substituents is 1. The smallest absolute Gasteiger partial charge is 0.241 e. The molecule has 6 unspecified atom stereocenters. The van der Waals surface area contributed by atoms with E-state index in [9.17, 15) is 28.7 Å². The highest BCUT2D eigenvalue weighted by Gasteiger charge is 2.68. The van der Waals surface area contributed by atoms with Crippen molar-refractivity contribution in [2.75, 3.05) is 16.9 Å². The van der Waals surface area contributed by atoms with Crippen molar-refractivity contribution < 1.29 is 37.8 Å². The number of para-hydroxylation sites is 2. The number of ether oxygens (including phenoxy) is 1. The number of imide groups is 2. The molecule has 4 amide bonds. The molecule has 1 aromatic heterocycles. The Morgan fingerprint density at radius 3 is 2.40 bits per heavy atom. The molecule has 2 saturated heterocycles. The topological polar surface area (TPSA) is 130 Å². The molecule has 1 N–H and O–H groups in total. The van der Waals surface area contributed by atoms with Crippen LogP contribution in [0.25, 0.3) is 22.6 Å². The Hall–Kier alpha value is -5.81. The van der Waals surface area contributed by atoms with Crippen molar-refractivity contribution in [2.24, 2.45) is 29.1 Å². The first-order valence-corrected chi connectivity index (χ1v) is 17.6. The Bertz CT molecular complexity index is 2410. The molecular weight excluding hydrogens is 701 g/mol. The van der Waals surface area contributed by atoms with Crippen LogP contribution in [0.5, 0.6) is 11.5 Å². The third-order valence-corrected chi connectivity index (χ3v) is 11.9. The van der Waals surface area contributed by atoms with Crippen LogP contribution in [0.3, 0.4) is 0 Å². The molecule has 0 radical (unpaired) electrons. The second-order valence-corrected chi connectivity index (χ2v) is 14.6. The first-order valence-electron chi connectivity index (χ1n) is 17.3. The van der Waals surface area contributed by atoms with Crippen LogP contribution in [0.15, 0.2) is 101 Å². The third-order valence-electron chi connectivity index (χ3n) is 11.6. The summed E-state index contributed by atoms with van der Waals surface area (Å²) in [6.07, 6.45) is 2.22. The summed E-state index contributed by atoms with van der Waals surface area (Å²) in [4.78, 5) is 64.5. The van der Waals surface area contributed by atoms with E-state index in [0.29, 0.717) is 45.1 Å². The molecule has 53 heavy (non-hydrogen) atoms. The average Bonchev–Trinajstić information content (AvgIpc) is 3.77. The van der Waals surface area contributed by atoms with Gasteiger partial charge in [-0.15, -0.1) is 0 Å². The van der Waals surface area contributed by atoms with Gasteiger partial charge in [0.25, 0.3) is 0 Å². The summed E-state index contributed by atoms with van der Waals surface area (Å²) in [6.45, 7) is 1.70. The number of hydrogen-bond donors (Lipinski definition) is 1. The molecule has 3 fully saturated rings. The van der Waals surface area contributed by atoms with Gasteiger partial charge in [-0.1, -0.05) is 35.4 Å². The highest BCUT2D eigenvalue weighted by molar-refractivity contribution is 6.32. The van der Waals surface area contributed by atoms with Gasteiger partial charge in [0, 0.05) is 17.0 Å². The van der Waals surface area contributed by atoms with Gasteiger partial charge in [0.1, 0.15) is 22.8 Å². The molecule has 9 rings (SSSR count). The summed E-state index contributed by atoms with van der Waals surface area (Å²) in [5.41, 5.74) is 2.16. The Kier molecular flexibility index (Phi) is 7.40. The zero-order valence-electron chi connectivity index (χ0n) is 28.5. The number of rotatable bonds is 5. The summed E-state index contributed by atoms with van der Waals surface area (Å²) in [7, 11) is 1.48. The zero-order chi connectivity index (χ0) is 36.9. The van der Waals surface area contributed by atoms with Gasteiger partial charge in [-0.25, -0.2) is 14.3 Å².